The second-order valence-electron chi connectivity index (χ2n) is 4.07. The van der Waals surface area contributed by atoms with E-state index in [4.69, 9.17) is 11.3 Å². The summed E-state index contributed by atoms with van der Waals surface area (Å²) in [5, 5.41) is 6.40. The zero-order valence-electron chi connectivity index (χ0n) is 10.6. The third kappa shape index (κ3) is 9.66. The van der Waals surface area contributed by atoms with E-state index >= 15 is 0 Å². The lowest BCUT2D eigenvalue weighted by molar-refractivity contribution is -0.120. The largest absolute Gasteiger partial charge is 0.368 e. The lowest BCUT2D eigenvalue weighted by Crippen LogP contribution is -2.42. The van der Waals surface area contributed by atoms with Crippen molar-refractivity contribution in [3.63, 3.8) is 0 Å². The zero-order valence-corrected chi connectivity index (χ0v) is 10.6. The quantitative estimate of drug-likeness (QED) is 0.250. The predicted octanol–water partition coefficient (Wildman–Crippen LogP) is 2.10. The number of carbonyl (C=O) groups is 1. The van der Waals surface area contributed by atoms with Crippen LogP contribution < -0.4 is 11.1 Å². The number of nitrogens with zero attached hydrogens (tertiary/aromatic N) is 3. The van der Waals surface area contributed by atoms with Crippen molar-refractivity contribution in [2.75, 3.05) is 13.1 Å². The van der Waals surface area contributed by atoms with Crippen LogP contribution in [-0.4, -0.2) is 25.0 Å². The molecule has 0 fully saturated rings. The maximum absolute atomic E-state index is 11.1. The second kappa shape index (κ2) is 11.2. The van der Waals surface area contributed by atoms with Gasteiger partial charge in [-0.15, -0.1) is 0 Å². The minimum atomic E-state index is -0.332. The van der Waals surface area contributed by atoms with E-state index in [-0.39, 0.29) is 11.9 Å². The van der Waals surface area contributed by atoms with Crippen LogP contribution in [0.25, 0.3) is 10.4 Å². The molecule has 6 heteroatoms. The molecule has 0 aromatic rings. The van der Waals surface area contributed by atoms with E-state index in [9.17, 15) is 4.79 Å². The van der Waals surface area contributed by atoms with Crippen LogP contribution in [0.3, 0.4) is 0 Å². The first-order valence-electron chi connectivity index (χ1n) is 6.26. The molecule has 0 saturated carbocycles. The van der Waals surface area contributed by atoms with Gasteiger partial charge in [0.25, 0.3) is 0 Å². The van der Waals surface area contributed by atoms with Crippen LogP contribution in [0, 0.1) is 0 Å². The zero-order chi connectivity index (χ0) is 12.9. The molecule has 0 aliphatic rings. The van der Waals surface area contributed by atoms with Gasteiger partial charge >= 0.3 is 0 Å². The number of hydrogen-bond acceptors (Lipinski definition) is 3. The molecule has 1 amide bonds. The third-order valence-electron chi connectivity index (χ3n) is 2.61. The van der Waals surface area contributed by atoms with E-state index in [1.54, 1.807) is 0 Å². The van der Waals surface area contributed by atoms with Crippen molar-refractivity contribution in [1.82, 2.24) is 5.32 Å². The van der Waals surface area contributed by atoms with E-state index in [0.29, 0.717) is 13.1 Å². The number of unbranched alkanes of at least 4 members (excludes halogenated alkanes) is 4. The van der Waals surface area contributed by atoms with Crippen molar-refractivity contribution in [2.24, 2.45) is 10.8 Å². The number of nitrogens with one attached hydrogen (secondary N) is 1. The highest BCUT2D eigenvalue weighted by molar-refractivity contribution is 5.79. The number of primary amides is 1. The second-order valence-corrected chi connectivity index (χ2v) is 4.07. The number of carbonyl (C=O) groups excluding carboxylic acids is 1. The van der Waals surface area contributed by atoms with E-state index in [2.05, 4.69) is 22.3 Å². The highest BCUT2D eigenvalue weighted by Crippen LogP contribution is 2.07. The van der Waals surface area contributed by atoms with Gasteiger partial charge in [-0.05, 0) is 12.0 Å². The summed E-state index contributed by atoms with van der Waals surface area (Å²) >= 11 is 0. The fraction of sp³-hybridized carbons (Fsp3) is 0.909. The van der Waals surface area contributed by atoms with Crippen LogP contribution in [0.4, 0.5) is 0 Å². The van der Waals surface area contributed by atoms with E-state index in [0.717, 1.165) is 19.3 Å². The van der Waals surface area contributed by atoms with Gasteiger partial charge in [0.15, 0.2) is 0 Å². The molecular weight excluding hydrogens is 218 g/mol. The Kier molecular flexibility index (Phi) is 10.4. The van der Waals surface area contributed by atoms with Crippen molar-refractivity contribution >= 4 is 5.91 Å². The first kappa shape index (κ1) is 15.7. The maximum Gasteiger partial charge on any atom is 0.234 e. The molecule has 1 atom stereocenters. The van der Waals surface area contributed by atoms with Crippen LogP contribution >= 0.6 is 0 Å². The fourth-order valence-corrected chi connectivity index (χ4v) is 1.63. The monoisotopic (exact) mass is 241 g/mol. The average Bonchev–Trinajstić information content (AvgIpc) is 2.31. The summed E-state index contributed by atoms with van der Waals surface area (Å²) in [6.07, 6.45) is 6.56. The van der Waals surface area contributed by atoms with Crippen molar-refractivity contribution in [3.8, 4) is 0 Å². The Labute approximate surface area is 103 Å². The van der Waals surface area contributed by atoms with Crippen molar-refractivity contribution < 1.29 is 4.79 Å². The Morgan fingerprint density at radius 3 is 2.71 bits per heavy atom. The van der Waals surface area contributed by atoms with E-state index in [1.165, 1.54) is 19.3 Å². The van der Waals surface area contributed by atoms with Gasteiger partial charge in [-0.25, -0.2) is 0 Å². The van der Waals surface area contributed by atoms with Gasteiger partial charge < -0.3 is 11.1 Å². The van der Waals surface area contributed by atoms with Crippen LogP contribution in [0.1, 0.15) is 45.4 Å². The average molecular weight is 241 g/mol. The molecule has 1 unspecified atom stereocenters. The summed E-state index contributed by atoms with van der Waals surface area (Å²) in [6, 6.07) is -0.300. The maximum atomic E-state index is 11.1. The first-order chi connectivity index (χ1) is 8.22. The molecule has 0 radical (unpaired) electrons. The van der Waals surface area contributed by atoms with Gasteiger partial charge in [0.1, 0.15) is 0 Å². The number of hydrogen-bond donors (Lipinski definition) is 2. The Morgan fingerprint density at radius 2 is 2.12 bits per heavy atom. The van der Waals surface area contributed by atoms with Gasteiger partial charge in [-0.2, -0.15) is 0 Å². The van der Waals surface area contributed by atoms with Gasteiger partial charge in [-0.3, -0.25) is 4.79 Å². The molecule has 0 rings (SSSR count). The molecule has 0 aromatic heterocycles. The Morgan fingerprint density at radius 1 is 1.41 bits per heavy atom. The highest BCUT2D eigenvalue weighted by Gasteiger charge is 2.12. The molecule has 0 aliphatic heterocycles. The minimum absolute atomic E-state index is 0.300. The Balaban J connectivity index is 3.67. The number of amides is 1. The van der Waals surface area contributed by atoms with E-state index in [1.807, 2.05) is 0 Å². The molecule has 0 aromatic carbocycles. The van der Waals surface area contributed by atoms with Crippen molar-refractivity contribution in [1.29, 1.82) is 0 Å². The predicted molar refractivity (Wildman–Crippen MR) is 68.4 cm³/mol. The van der Waals surface area contributed by atoms with Crippen molar-refractivity contribution in [2.45, 2.75) is 51.5 Å². The van der Waals surface area contributed by atoms with Gasteiger partial charge in [0.05, 0.1) is 6.04 Å². The topological polar surface area (TPSA) is 104 Å². The minimum Gasteiger partial charge on any atom is -0.368 e. The molecule has 0 spiro atoms. The molecule has 0 saturated heterocycles. The summed E-state index contributed by atoms with van der Waals surface area (Å²) in [6.45, 7) is 3.01. The number of rotatable bonds is 11. The van der Waals surface area contributed by atoms with Gasteiger partial charge in [0.2, 0.25) is 5.91 Å². The van der Waals surface area contributed by atoms with Crippen LogP contribution in [0.2, 0.25) is 0 Å². The molecule has 0 bridgehead atoms. The van der Waals surface area contributed by atoms with Gasteiger partial charge in [-0.1, -0.05) is 44.1 Å². The fourth-order valence-electron chi connectivity index (χ4n) is 1.63. The van der Waals surface area contributed by atoms with Crippen molar-refractivity contribution in [3.05, 3.63) is 10.4 Å². The lowest BCUT2D eigenvalue weighted by Gasteiger charge is -2.14. The molecule has 0 aliphatic carbocycles. The van der Waals surface area contributed by atoms with Gasteiger partial charge in [0, 0.05) is 18.0 Å². The first-order valence-corrected chi connectivity index (χ1v) is 6.26. The number of nitrogens with two attached hydrogens (primary N) is 1. The Bertz CT molecular complexity index is 250. The number of azide groups is 1. The van der Waals surface area contributed by atoms with E-state index < -0.39 is 0 Å². The molecular formula is C11H23N5O. The SMILES string of the molecule is CCCCCCCC(NCCN=[N+]=[N-])C(N)=O. The summed E-state index contributed by atoms with van der Waals surface area (Å²) in [5.74, 6) is -0.332. The smallest absolute Gasteiger partial charge is 0.234 e. The summed E-state index contributed by atoms with van der Waals surface area (Å²) in [7, 11) is 0. The normalized spacial score (nSPS) is 11.8. The highest BCUT2D eigenvalue weighted by atomic mass is 16.1. The molecule has 3 N–H and O–H groups in total. The third-order valence-corrected chi connectivity index (χ3v) is 2.61. The molecule has 6 nitrogen and oxygen atoms in total. The summed E-state index contributed by atoms with van der Waals surface area (Å²) in [4.78, 5) is 13.8. The summed E-state index contributed by atoms with van der Waals surface area (Å²) in [5.41, 5.74) is 13.4. The molecule has 17 heavy (non-hydrogen) atoms. The lowest BCUT2D eigenvalue weighted by atomic mass is 10.1. The van der Waals surface area contributed by atoms with Crippen LogP contribution in [0.5, 0.6) is 0 Å². The van der Waals surface area contributed by atoms with Crippen LogP contribution in [-0.2, 0) is 4.79 Å². The standard InChI is InChI=1S/C11H23N5O/c1-2-3-4-5-6-7-10(11(12)17)14-8-9-15-16-13/h10,14H,2-9H2,1H3,(H2,12,17). The molecule has 0 heterocycles. The summed E-state index contributed by atoms with van der Waals surface area (Å²) < 4.78 is 0. The Hall–Kier alpha value is -1.26. The molecule has 98 valence electrons. The van der Waals surface area contributed by atoms with Crippen LogP contribution in [0.15, 0.2) is 5.11 Å².